The number of nitrogens with zero attached hydrogens (tertiary/aromatic N) is 4. The van der Waals surface area contributed by atoms with Gasteiger partial charge in [0.2, 0.25) is 23.6 Å². The molecule has 5 heterocycles. The van der Waals surface area contributed by atoms with E-state index in [1.807, 2.05) is 170 Å². The van der Waals surface area contributed by atoms with Crippen molar-refractivity contribution in [2.24, 2.45) is 41.6 Å². The molecule has 5 aliphatic heterocycles. The van der Waals surface area contributed by atoms with Crippen LogP contribution in [0.15, 0.2) is 310 Å². The summed E-state index contributed by atoms with van der Waals surface area (Å²) in [7, 11) is 0. The lowest BCUT2D eigenvalue weighted by molar-refractivity contribution is -0.125. The number of anilines is 4. The summed E-state index contributed by atoms with van der Waals surface area (Å²) in [6, 6.07) is 73.3. The van der Waals surface area contributed by atoms with Gasteiger partial charge in [-0.15, -0.1) is 0 Å². The highest BCUT2D eigenvalue weighted by Crippen LogP contribution is 2.45. The van der Waals surface area contributed by atoms with Crippen LogP contribution in [0.25, 0.3) is 22.3 Å². The van der Waals surface area contributed by atoms with Crippen LogP contribution < -0.4 is 21.3 Å². The first-order chi connectivity index (χ1) is 70.2. The van der Waals surface area contributed by atoms with E-state index in [-0.39, 0.29) is 23.6 Å². The topological polar surface area (TPSA) is 203 Å². The van der Waals surface area contributed by atoms with E-state index in [9.17, 15) is 0 Å². The Bertz CT molecular complexity index is 5160. The number of hydrogen-bond acceptors (Lipinski definition) is 12. The first-order valence-corrected chi connectivity index (χ1v) is 54.3. The van der Waals surface area contributed by atoms with Crippen LogP contribution in [0.5, 0.6) is 0 Å². The lowest BCUT2D eigenvalue weighted by Gasteiger charge is -2.25. The Morgan fingerprint density at radius 2 is 0.375 bits per heavy atom. The first kappa shape index (κ1) is 109. The van der Waals surface area contributed by atoms with Crippen molar-refractivity contribution < 1.29 is 38.1 Å². The minimum atomic E-state index is -0.722. The van der Waals surface area contributed by atoms with Crippen molar-refractivity contribution in [2.75, 3.05) is 47.7 Å². The molecule has 0 aliphatic carbocycles. The molecule has 0 fully saturated rings. The van der Waals surface area contributed by atoms with Gasteiger partial charge in [0.1, 0.15) is 0 Å². The van der Waals surface area contributed by atoms with E-state index >= 15 is 19.2 Å². The maximum absolute atomic E-state index is 15.2. The second-order valence-corrected chi connectivity index (χ2v) is 42.4. The van der Waals surface area contributed by atoms with Crippen LogP contribution in [0.1, 0.15) is 331 Å². The molecule has 0 radical (unpaired) electrons. The number of hydrogen-bond donors (Lipinski definition) is 4. The second-order valence-electron chi connectivity index (χ2n) is 42.4. The van der Waals surface area contributed by atoms with E-state index in [4.69, 9.17) is 38.9 Å². The molecular formula is C128H160N8O8. The van der Waals surface area contributed by atoms with E-state index in [0.717, 1.165) is 181 Å². The molecule has 0 saturated heterocycles. The van der Waals surface area contributed by atoms with Crippen LogP contribution in [0.3, 0.4) is 0 Å². The molecule has 0 saturated carbocycles. The monoisotopic (exact) mass is 1940 g/mol. The van der Waals surface area contributed by atoms with Crippen molar-refractivity contribution >= 4 is 91.5 Å². The average Bonchev–Trinajstić information content (AvgIpc) is 1.60. The summed E-state index contributed by atoms with van der Waals surface area (Å²) < 4.78 is 23.9. The van der Waals surface area contributed by atoms with Crippen molar-refractivity contribution in [3.05, 3.63) is 334 Å². The zero-order valence-electron chi connectivity index (χ0n) is 87.6. The minimum Gasteiger partial charge on any atom is -0.377 e. The highest BCUT2D eigenvalue weighted by Gasteiger charge is 2.37. The number of ether oxygens (including phenoxy) is 4. The second kappa shape index (κ2) is 57.7. The largest absolute Gasteiger partial charge is 0.377 e. The number of aliphatic imine (C=N–C) groups is 4. The summed E-state index contributed by atoms with van der Waals surface area (Å²) in [4.78, 5) is 84.0. The van der Waals surface area contributed by atoms with E-state index in [2.05, 4.69) is 174 Å². The molecule has 144 heavy (non-hydrogen) atoms. The predicted octanol–water partition coefficient (Wildman–Crippen LogP) is 32.5. The molecular weight excluding hydrogens is 1780 g/mol. The van der Waals surface area contributed by atoms with Gasteiger partial charge in [-0.25, -0.2) is 20.0 Å². The SMILES string of the molecule is CC(C)(CCCCCCCCCCOCc1ccccc1)C(=O)Nc1ccccc1C1=C2C=CC(=N2)C(c2ccccc2NC(=O)C(C)(C)CCCCCCCCCCOCc2ccccc2)=C2C=CC(=N2)C(c2ccccc2NC(=O)C(C)(C)CCCCCCCCCCOCc2ccccc2)=C2C=CC(=N2)C(c2ccccc2NC(=O)C(C)(C)CCCCCCCCCCOCc2ccccc2)=C2C=CC1=N2. The maximum Gasteiger partial charge on any atom is 0.230 e. The number of para-hydroxylation sites is 4. The summed E-state index contributed by atoms with van der Waals surface area (Å²) in [5, 5.41) is 13.9. The van der Waals surface area contributed by atoms with Gasteiger partial charge in [0.25, 0.3) is 0 Å². The number of carbonyl (C=O) groups excluding carboxylic acids is 4. The van der Waals surface area contributed by atoms with Gasteiger partial charge in [-0.3, -0.25) is 19.2 Å². The number of unbranched alkanes of at least 4 members (excludes halogenated alkanes) is 28. The molecule has 0 atom stereocenters. The summed E-state index contributed by atoms with van der Waals surface area (Å²) in [6.07, 6.45) is 54.3. The third kappa shape index (κ3) is 34.1. The van der Waals surface area contributed by atoms with Crippen LogP contribution >= 0.6 is 0 Å². The highest BCUT2D eigenvalue weighted by molar-refractivity contribution is 6.41. The fourth-order valence-corrected chi connectivity index (χ4v) is 19.4. The van der Waals surface area contributed by atoms with Crippen molar-refractivity contribution in [1.82, 2.24) is 0 Å². The molecule has 5 aliphatic rings. The van der Waals surface area contributed by atoms with E-state index in [1.165, 1.54) is 73.6 Å². The van der Waals surface area contributed by atoms with Gasteiger partial charge in [-0.05, 0) is 146 Å². The fraction of sp³-hybridized carbons (Fsp3) is 0.438. The Hall–Kier alpha value is -11.9. The van der Waals surface area contributed by atoms with Gasteiger partial charge >= 0.3 is 0 Å². The van der Waals surface area contributed by atoms with Gasteiger partial charge in [-0.2, -0.15) is 0 Å². The van der Waals surface area contributed by atoms with Crippen LogP contribution in [-0.2, 0) is 64.6 Å². The van der Waals surface area contributed by atoms with Gasteiger partial charge in [0, 0.05) is 115 Å². The highest BCUT2D eigenvalue weighted by atomic mass is 16.5. The first-order valence-electron chi connectivity index (χ1n) is 54.3. The molecule has 16 nitrogen and oxygen atoms in total. The van der Waals surface area contributed by atoms with E-state index < -0.39 is 21.7 Å². The Labute approximate surface area is 860 Å². The standard InChI is InChI=1S/C128H160N8O8/c1-125(2,85-53-25-17-9-13-21-29-57-89-141-93-97-61-37-33-38-62-97)121(137)133-105-73-49-45-69-101(105)117-109-77-79-111(129-109)118(102-70-46-50-74-106(102)134-122(138)126(3,4)86-54-26-18-10-14-22-30-58-90-142-94-98-63-39-34-40-64-98)113-81-83-115(131-113)120(104-72-48-52-76-108(104)136-124(140)128(7,8)88-56-28-20-12-16-24-32-60-92-144-96-100-67-43-36-44-68-100)116-84-82-114(132-116)119(112-80-78-110(117)130-112)103-71-47-51-75-107(103)135-123(139)127(5,6)87-55-27-19-11-15-23-31-59-91-143-95-99-65-41-35-42-66-99/h33-52,61-84H,9-32,53-60,85-96H2,1-8H3,(H,133,137)(H,134,138)(H,135,139)(H,136,140). The smallest absolute Gasteiger partial charge is 0.230 e. The maximum atomic E-state index is 15.2. The third-order valence-corrected chi connectivity index (χ3v) is 28.7. The Balaban J connectivity index is 0.799. The number of nitrogens with one attached hydrogen (secondary N) is 4. The van der Waals surface area contributed by atoms with Gasteiger partial charge in [0.05, 0.1) is 72.1 Å². The minimum absolute atomic E-state index is 0.0880. The summed E-state index contributed by atoms with van der Waals surface area (Å²) >= 11 is 0. The van der Waals surface area contributed by atoms with Crippen LogP contribution in [0, 0.1) is 21.7 Å². The molecule has 8 aromatic carbocycles. The predicted molar refractivity (Wildman–Crippen MR) is 600 cm³/mol. The molecule has 8 aromatic rings. The number of amides is 4. The molecule has 0 aromatic heterocycles. The number of fused-ring (bicyclic) bond motifs is 4. The van der Waals surface area contributed by atoms with Crippen LogP contribution in [0.4, 0.5) is 22.7 Å². The Kier molecular flexibility index (Phi) is 43.8. The fourth-order valence-electron chi connectivity index (χ4n) is 19.4. The lowest BCUT2D eigenvalue weighted by Crippen LogP contribution is -2.31. The molecule has 4 N–H and O–H groups in total. The number of rotatable bonds is 64. The Morgan fingerprint density at radius 1 is 0.208 bits per heavy atom. The molecule has 4 amide bonds. The van der Waals surface area contributed by atoms with Crippen molar-refractivity contribution in [2.45, 2.75) is 313 Å². The lowest BCUT2D eigenvalue weighted by atomic mass is 9.85. The van der Waals surface area contributed by atoms with E-state index in [1.54, 1.807) is 0 Å². The molecule has 0 spiro atoms. The molecule has 8 bridgehead atoms. The quantitative estimate of drug-likeness (QED) is 0.0270. The van der Waals surface area contributed by atoms with Crippen LogP contribution in [0.2, 0.25) is 0 Å². The van der Waals surface area contributed by atoms with Crippen molar-refractivity contribution in [3.8, 4) is 0 Å². The number of benzene rings is 8. The van der Waals surface area contributed by atoms with E-state index in [0.29, 0.717) is 165 Å². The van der Waals surface area contributed by atoms with Crippen LogP contribution in [-0.4, -0.2) is 72.9 Å². The zero-order chi connectivity index (χ0) is 101. The van der Waals surface area contributed by atoms with Gasteiger partial charge in [0.15, 0.2) is 0 Å². The van der Waals surface area contributed by atoms with Crippen molar-refractivity contribution in [1.29, 1.82) is 0 Å². The zero-order valence-corrected chi connectivity index (χ0v) is 87.6. The van der Waals surface area contributed by atoms with Gasteiger partial charge in [-0.1, -0.05) is 429 Å². The van der Waals surface area contributed by atoms with Gasteiger partial charge < -0.3 is 40.2 Å². The molecule has 760 valence electrons. The normalized spacial score (nSPS) is 14.1. The molecule has 0 unspecified atom stereocenters. The Morgan fingerprint density at radius 3 is 0.569 bits per heavy atom. The molecule has 16 heteroatoms. The molecule has 13 rings (SSSR count). The summed E-state index contributed by atoms with van der Waals surface area (Å²) in [5.41, 5.74) is 14.6. The summed E-state index contributed by atoms with van der Waals surface area (Å²) in [5.74, 6) is -0.352. The number of allylic oxidation sites excluding steroid dienone is 12. The average molecular weight is 1940 g/mol. The number of carbonyl (C=O) groups is 4. The summed E-state index contributed by atoms with van der Waals surface area (Å²) in [6.45, 7) is 22.1. The van der Waals surface area contributed by atoms with Crippen molar-refractivity contribution in [3.63, 3.8) is 0 Å². The third-order valence-electron chi connectivity index (χ3n) is 28.7.